The minimum Gasteiger partial charge on any atom is -0.388 e. The number of nitrogens with zero attached hydrogens (tertiary/aromatic N) is 1. The summed E-state index contributed by atoms with van der Waals surface area (Å²) >= 11 is 0. The van der Waals surface area contributed by atoms with Crippen molar-refractivity contribution in [1.29, 1.82) is 0 Å². The summed E-state index contributed by atoms with van der Waals surface area (Å²) in [6, 6.07) is 10.9. The number of likely N-dealkylation sites (tertiary alicyclic amines) is 1. The summed E-state index contributed by atoms with van der Waals surface area (Å²) in [6.07, 6.45) is 6.00. The average Bonchev–Trinajstić information content (AvgIpc) is 3.05. The summed E-state index contributed by atoms with van der Waals surface area (Å²) in [7, 11) is 0. The number of hydrogen-bond acceptors (Lipinski definition) is 2. The van der Waals surface area contributed by atoms with Crippen LogP contribution in [0.25, 0.3) is 0 Å². The van der Waals surface area contributed by atoms with Crippen molar-refractivity contribution in [2.45, 2.75) is 57.2 Å². The average molecular weight is 259 g/mol. The first-order valence-corrected chi connectivity index (χ1v) is 7.70. The molecule has 0 amide bonds. The van der Waals surface area contributed by atoms with E-state index in [4.69, 9.17) is 0 Å². The molecule has 2 aliphatic rings. The molecule has 0 spiro atoms. The van der Waals surface area contributed by atoms with E-state index in [0.29, 0.717) is 5.92 Å². The van der Waals surface area contributed by atoms with Crippen LogP contribution in [0.2, 0.25) is 0 Å². The van der Waals surface area contributed by atoms with Gasteiger partial charge in [0.1, 0.15) is 0 Å². The molecule has 2 atom stereocenters. The summed E-state index contributed by atoms with van der Waals surface area (Å²) in [6.45, 7) is 4.22. The first-order chi connectivity index (χ1) is 9.20. The third kappa shape index (κ3) is 2.44. The molecule has 1 heterocycles. The number of benzene rings is 1. The Morgan fingerprint density at radius 1 is 1.21 bits per heavy atom. The molecule has 104 valence electrons. The summed E-state index contributed by atoms with van der Waals surface area (Å²) < 4.78 is 0. The minimum absolute atomic E-state index is 0.288. The molecule has 0 bridgehead atoms. The molecule has 0 aromatic heterocycles. The molecule has 2 nitrogen and oxygen atoms in total. The van der Waals surface area contributed by atoms with E-state index < -0.39 is 5.60 Å². The van der Waals surface area contributed by atoms with Gasteiger partial charge in [-0.2, -0.15) is 0 Å². The highest BCUT2D eigenvalue weighted by Gasteiger charge is 2.48. The van der Waals surface area contributed by atoms with Crippen molar-refractivity contribution in [3.63, 3.8) is 0 Å². The predicted octanol–water partition coefficient (Wildman–Crippen LogP) is 3.20. The Bertz CT molecular complexity index is 413. The molecule has 2 unspecified atom stereocenters. The third-order valence-electron chi connectivity index (χ3n) is 5.36. The van der Waals surface area contributed by atoms with Gasteiger partial charge in [0.15, 0.2) is 0 Å². The summed E-state index contributed by atoms with van der Waals surface area (Å²) in [5, 5.41) is 11.1. The standard InChI is InChI=1S/C17H25NO/c1-14-17(19,16-9-5-6-10-16)11-12-18(14)13-15-7-3-2-4-8-15/h2-4,7-8,14,16,19H,5-6,9-13H2,1H3. The molecule has 1 aromatic carbocycles. The zero-order chi connectivity index (χ0) is 13.3. The van der Waals surface area contributed by atoms with Crippen LogP contribution in [-0.2, 0) is 6.54 Å². The van der Waals surface area contributed by atoms with Crippen LogP contribution in [0.1, 0.15) is 44.6 Å². The molecular formula is C17H25NO. The van der Waals surface area contributed by atoms with Crippen LogP contribution in [0.5, 0.6) is 0 Å². The fourth-order valence-corrected chi connectivity index (χ4v) is 4.05. The highest BCUT2D eigenvalue weighted by molar-refractivity contribution is 5.15. The second kappa shape index (κ2) is 5.26. The van der Waals surface area contributed by atoms with E-state index in [2.05, 4.69) is 42.2 Å². The van der Waals surface area contributed by atoms with Crippen molar-refractivity contribution in [2.75, 3.05) is 6.54 Å². The molecule has 1 aliphatic heterocycles. The Labute approximate surface area is 116 Å². The lowest BCUT2D eigenvalue weighted by Crippen LogP contribution is -2.47. The highest BCUT2D eigenvalue weighted by atomic mass is 16.3. The van der Waals surface area contributed by atoms with Gasteiger partial charge < -0.3 is 5.11 Å². The topological polar surface area (TPSA) is 23.5 Å². The Kier molecular flexibility index (Phi) is 3.64. The summed E-state index contributed by atoms with van der Waals surface area (Å²) in [4.78, 5) is 2.45. The van der Waals surface area contributed by atoms with Gasteiger partial charge in [-0.1, -0.05) is 43.2 Å². The van der Waals surface area contributed by atoms with Crippen molar-refractivity contribution in [1.82, 2.24) is 4.90 Å². The van der Waals surface area contributed by atoms with Crippen LogP contribution >= 0.6 is 0 Å². The van der Waals surface area contributed by atoms with E-state index in [1.807, 2.05) is 0 Å². The van der Waals surface area contributed by atoms with Crippen LogP contribution in [0.3, 0.4) is 0 Å². The molecule has 0 radical (unpaired) electrons. The maximum Gasteiger partial charge on any atom is 0.0839 e. The van der Waals surface area contributed by atoms with E-state index in [1.165, 1.54) is 31.2 Å². The van der Waals surface area contributed by atoms with Crippen LogP contribution < -0.4 is 0 Å². The van der Waals surface area contributed by atoms with Gasteiger partial charge in [-0.3, -0.25) is 4.90 Å². The Morgan fingerprint density at radius 3 is 2.58 bits per heavy atom. The molecule has 1 saturated heterocycles. The lowest BCUT2D eigenvalue weighted by atomic mass is 9.80. The van der Waals surface area contributed by atoms with Gasteiger partial charge in [0.05, 0.1) is 5.60 Å². The van der Waals surface area contributed by atoms with Gasteiger partial charge in [-0.25, -0.2) is 0 Å². The van der Waals surface area contributed by atoms with Gasteiger partial charge in [0.25, 0.3) is 0 Å². The normalized spacial score (nSPS) is 33.1. The van der Waals surface area contributed by atoms with Gasteiger partial charge in [0, 0.05) is 19.1 Å². The molecule has 1 saturated carbocycles. The van der Waals surface area contributed by atoms with Crippen LogP contribution in [0.4, 0.5) is 0 Å². The molecule has 3 rings (SSSR count). The van der Waals surface area contributed by atoms with Gasteiger partial charge >= 0.3 is 0 Å². The molecule has 19 heavy (non-hydrogen) atoms. The van der Waals surface area contributed by atoms with Crippen LogP contribution in [-0.4, -0.2) is 28.2 Å². The van der Waals surface area contributed by atoms with Crippen LogP contribution in [0.15, 0.2) is 30.3 Å². The molecular weight excluding hydrogens is 234 g/mol. The Morgan fingerprint density at radius 2 is 1.89 bits per heavy atom. The third-order valence-corrected chi connectivity index (χ3v) is 5.36. The second-order valence-electron chi connectivity index (χ2n) is 6.35. The minimum atomic E-state index is -0.439. The smallest absolute Gasteiger partial charge is 0.0839 e. The zero-order valence-electron chi connectivity index (χ0n) is 11.9. The maximum atomic E-state index is 11.1. The van der Waals surface area contributed by atoms with Crippen LogP contribution in [0, 0.1) is 5.92 Å². The molecule has 2 fully saturated rings. The predicted molar refractivity (Wildman–Crippen MR) is 77.8 cm³/mol. The summed E-state index contributed by atoms with van der Waals surface area (Å²) in [5.74, 6) is 0.531. The highest BCUT2D eigenvalue weighted by Crippen LogP contribution is 2.43. The molecule has 1 aliphatic carbocycles. The first-order valence-electron chi connectivity index (χ1n) is 7.70. The second-order valence-corrected chi connectivity index (χ2v) is 6.35. The first kappa shape index (κ1) is 13.1. The lowest BCUT2D eigenvalue weighted by molar-refractivity contribution is -0.0405. The van der Waals surface area contributed by atoms with Gasteiger partial charge in [-0.05, 0) is 37.7 Å². The van der Waals surface area contributed by atoms with Crippen molar-refractivity contribution in [3.8, 4) is 0 Å². The largest absolute Gasteiger partial charge is 0.388 e. The van der Waals surface area contributed by atoms with Crippen molar-refractivity contribution < 1.29 is 5.11 Å². The molecule has 2 heteroatoms. The van der Waals surface area contributed by atoms with Gasteiger partial charge in [0.2, 0.25) is 0 Å². The van der Waals surface area contributed by atoms with E-state index >= 15 is 0 Å². The zero-order valence-corrected chi connectivity index (χ0v) is 11.9. The molecule has 1 aromatic rings. The fraction of sp³-hybridized carbons (Fsp3) is 0.647. The van der Waals surface area contributed by atoms with Gasteiger partial charge in [-0.15, -0.1) is 0 Å². The van der Waals surface area contributed by atoms with Crippen molar-refractivity contribution in [2.24, 2.45) is 5.92 Å². The number of rotatable bonds is 3. The molecule has 1 N–H and O–H groups in total. The van der Waals surface area contributed by atoms with Crippen molar-refractivity contribution >= 4 is 0 Å². The summed E-state index contributed by atoms with van der Waals surface area (Å²) in [5.41, 5.74) is 0.913. The van der Waals surface area contributed by atoms with E-state index in [-0.39, 0.29) is 6.04 Å². The quantitative estimate of drug-likeness (QED) is 0.901. The Balaban J connectivity index is 1.69. The Hall–Kier alpha value is -0.860. The maximum absolute atomic E-state index is 11.1. The monoisotopic (exact) mass is 259 g/mol. The van der Waals surface area contributed by atoms with E-state index in [1.54, 1.807) is 0 Å². The lowest BCUT2D eigenvalue weighted by Gasteiger charge is -2.36. The van der Waals surface area contributed by atoms with Crippen molar-refractivity contribution in [3.05, 3.63) is 35.9 Å². The van der Waals surface area contributed by atoms with E-state index in [0.717, 1.165) is 19.5 Å². The van der Waals surface area contributed by atoms with E-state index in [9.17, 15) is 5.11 Å². The number of aliphatic hydroxyl groups is 1. The SMILES string of the molecule is CC1N(Cc2ccccc2)CCC1(O)C1CCCC1. The number of hydrogen-bond donors (Lipinski definition) is 1. The fourth-order valence-electron chi connectivity index (χ4n) is 4.05.